The average molecular weight is 392 g/mol. The van der Waals surface area contributed by atoms with Gasteiger partial charge >= 0.3 is 0 Å². The highest BCUT2D eigenvalue weighted by molar-refractivity contribution is 6.22. The second kappa shape index (κ2) is 8.17. The number of fused-ring (bicyclic) bond motifs is 1. The standard InChI is InChI=1S/C23H24N2O4/c1-29-21(16-7-3-2-4-8-16)17-11-13-24(14-12-17)20(26)15-25-22(27)18-9-5-6-10-19(18)23(25)28/h2-10,17,21H,11-15H2,1H3. The van der Waals surface area contributed by atoms with Gasteiger partial charge in [0.15, 0.2) is 0 Å². The number of ether oxygens (including phenoxy) is 1. The molecule has 2 aliphatic rings. The number of hydrogen-bond donors (Lipinski definition) is 0. The van der Waals surface area contributed by atoms with Crippen LogP contribution in [0.5, 0.6) is 0 Å². The molecule has 1 unspecified atom stereocenters. The predicted molar refractivity (Wildman–Crippen MR) is 107 cm³/mol. The lowest BCUT2D eigenvalue weighted by atomic mass is 9.87. The van der Waals surface area contributed by atoms with Gasteiger partial charge in [-0.2, -0.15) is 0 Å². The van der Waals surface area contributed by atoms with Crippen LogP contribution in [-0.2, 0) is 9.53 Å². The molecule has 2 aromatic rings. The molecule has 0 aromatic heterocycles. The molecule has 29 heavy (non-hydrogen) atoms. The predicted octanol–water partition coefficient (Wildman–Crippen LogP) is 2.91. The molecular formula is C23H24N2O4. The third-order valence-corrected chi connectivity index (χ3v) is 5.87. The molecular weight excluding hydrogens is 368 g/mol. The second-order valence-electron chi connectivity index (χ2n) is 7.53. The molecule has 1 saturated heterocycles. The maximum Gasteiger partial charge on any atom is 0.262 e. The molecule has 0 bridgehead atoms. The Kier molecular flexibility index (Phi) is 5.45. The number of imide groups is 1. The Balaban J connectivity index is 1.36. The number of amides is 3. The number of nitrogens with zero attached hydrogens (tertiary/aromatic N) is 2. The molecule has 0 saturated carbocycles. The molecule has 6 nitrogen and oxygen atoms in total. The van der Waals surface area contributed by atoms with Crippen LogP contribution in [0.4, 0.5) is 0 Å². The van der Waals surface area contributed by atoms with Crippen LogP contribution in [0.1, 0.15) is 45.2 Å². The van der Waals surface area contributed by atoms with Crippen LogP contribution in [0.15, 0.2) is 54.6 Å². The first-order chi connectivity index (χ1) is 14.1. The van der Waals surface area contributed by atoms with E-state index in [1.807, 2.05) is 18.2 Å². The summed E-state index contributed by atoms with van der Waals surface area (Å²) in [6, 6.07) is 16.8. The average Bonchev–Trinajstić information content (AvgIpc) is 3.00. The van der Waals surface area contributed by atoms with Gasteiger partial charge in [0, 0.05) is 20.2 Å². The highest BCUT2D eigenvalue weighted by atomic mass is 16.5. The van der Waals surface area contributed by atoms with Crippen LogP contribution in [0.2, 0.25) is 0 Å². The van der Waals surface area contributed by atoms with Crippen molar-refractivity contribution in [2.24, 2.45) is 5.92 Å². The Labute approximate surface area is 170 Å². The number of rotatable bonds is 5. The van der Waals surface area contributed by atoms with Crippen LogP contribution in [0.3, 0.4) is 0 Å². The Bertz CT molecular complexity index is 884. The third-order valence-electron chi connectivity index (χ3n) is 5.87. The van der Waals surface area contributed by atoms with E-state index in [1.54, 1.807) is 36.3 Å². The quantitative estimate of drug-likeness (QED) is 0.734. The fourth-order valence-corrected chi connectivity index (χ4v) is 4.31. The van der Waals surface area contributed by atoms with E-state index >= 15 is 0 Å². The molecule has 0 aliphatic carbocycles. The Morgan fingerprint density at radius 1 is 0.966 bits per heavy atom. The van der Waals surface area contributed by atoms with Crippen molar-refractivity contribution in [1.82, 2.24) is 9.80 Å². The molecule has 0 radical (unpaired) electrons. The van der Waals surface area contributed by atoms with E-state index in [-0.39, 0.29) is 18.6 Å². The van der Waals surface area contributed by atoms with Gasteiger partial charge in [-0.3, -0.25) is 19.3 Å². The fraction of sp³-hybridized carbons (Fsp3) is 0.348. The maximum atomic E-state index is 12.8. The van der Waals surface area contributed by atoms with Gasteiger partial charge in [-0.25, -0.2) is 0 Å². The summed E-state index contributed by atoms with van der Waals surface area (Å²) in [5, 5.41) is 0. The summed E-state index contributed by atoms with van der Waals surface area (Å²) in [5.41, 5.74) is 1.88. The van der Waals surface area contributed by atoms with E-state index in [4.69, 9.17) is 4.74 Å². The van der Waals surface area contributed by atoms with Gasteiger partial charge in [-0.1, -0.05) is 42.5 Å². The van der Waals surface area contributed by atoms with Crippen molar-refractivity contribution < 1.29 is 19.1 Å². The van der Waals surface area contributed by atoms with Gasteiger partial charge < -0.3 is 9.64 Å². The van der Waals surface area contributed by atoms with Crippen LogP contribution < -0.4 is 0 Å². The highest BCUT2D eigenvalue weighted by Crippen LogP contribution is 2.33. The van der Waals surface area contributed by atoms with Gasteiger partial charge in [0.2, 0.25) is 5.91 Å². The Hall–Kier alpha value is -2.99. The van der Waals surface area contributed by atoms with Crippen molar-refractivity contribution in [3.8, 4) is 0 Å². The van der Waals surface area contributed by atoms with Crippen molar-refractivity contribution >= 4 is 17.7 Å². The second-order valence-corrected chi connectivity index (χ2v) is 7.53. The number of piperidine rings is 1. The highest BCUT2D eigenvalue weighted by Gasteiger charge is 2.38. The van der Waals surface area contributed by atoms with Gasteiger partial charge in [0.05, 0.1) is 17.2 Å². The zero-order valence-electron chi connectivity index (χ0n) is 16.4. The topological polar surface area (TPSA) is 66.9 Å². The first-order valence-electron chi connectivity index (χ1n) is 9.91. The number of benzene rings is 2. The van der Waals surface area contributed by atoms with E-state index in [0.29, 0.717) is 30.1 Å². The van der Waals surface area contributed by atoms with Gasteiger partial charge in [-0.15, -0.1) is 0 Å². The van der Waals surface area contributed by atoms with Gasteiger partial charge in [0.1, 0.15) is 6.54 Å². The van der Waals surface area contributed by atoms with Crippen LogP contribution >= 0.6 is 0 Å². The molecule has 1 fully saturated rings. The monoisotopic (exact) mass is 392 g/mol. The number of carbonyl (C=O) groups is 3. The lowest BCUT2D eigenvalue weighted by Gasteiger charge is -2.36. The summed E-state index contributed by atoms with van der Waals surface area (Å²) in [6.45, 7) is 0.988. The van der Waals surface area contributed by atoms with Crippen molar-refractivity contribution in [3.05, 3.63) is 71.3 Å². The van der Waals surface area contributed by atoms with Crippen molar-refractivity contribution in [2.45, 2.75) is 18.9 Å². The first kappa shape index (κ1) is 19.3. The Morgan fingerprint density at radius 2 is 1.52 bits per heavy atom. The molecule has 2 heterocycles. The summed E-state index contributed by atoms with van der Waals surface area (Å²) >= 11 is 0. The SMILES string of the molecule is COC(c1ccccc1)C1CCN(C(=O)CN2C(=O)c3ccccc3C2=O)CC1. The van der Waals surface area contributed by atoms with E-state index in [0.717, 1.165) is 23.3 Å². The minimum absolute atomic E-state index is 0.00434. The fourth-order valence-electron chi connectivity index (χ4n) is 4.31. The molecule has 0 spiro atoms. The lowest BCUT2D eigenvalue weighted by Crippen LogP contribution is -2.46. The van der Waals surface area contributed by atoms with Crippen LogP contribution in [0, 0.1) is 5.92 Å². The van der Waals surface area contributed by atoms with E-state index < -0.39 is 11.8 Å². The summed E-state index contributed by atoms with van der Waals surface area (Å²) < 4.78 is 5.74. The molecule has 2 aromatic carbocycles. The number of carbonyl (C=O) groups excluding carboxylic acids is 3. The first-order valence-corrected chi connectivity index (χ1v) is 9.91. The molecule has 0 N–H and O–H groups in total. The molecule has 1 atom stereocenters. The number of methoxy groups -OCH3 is 1. The lowest BCUT2D eigenvalue weighted by molar-refractivity contribution is -0.133. The van der Waals surface area contributed by atoms with Crippen molar-refractivity contribution in [1.29, 1.82) is 0 Å². The molecule has 4 rings (SSSR count). The van der Waals surface area contributed by atoms with E-state index in [9.17, 15) is 14.4 Å². The normalized spacial score (nSPS) is 18.1. The minimum atomic E-state index is -0.391. The van der Waals surface area contributed by atoms with Crippen molar-refractivity contribution in [2.75, 3.05) is 26.7 Å². The zero-order chi connectivity index (χ0) is 20.4. The van der Waals surface area contributed by atoms with Gasteiger partial charge in [0.25, 0.3) is 11.8 Å². The van der Waals surface area contributed by atoms with E-state index in [2.05, 4.69) is 12.1 Å². The summed E-state index contributed by atoms with van der Waals surface area (Å²) in [7, 11) is 1.72. The van der Waals surface area contributed by atoms with Crippen molar-refractivity contribution in [3.63, 3.8) is 0 Å². The molecule has 150 valence electrons. The summed E-state index contributed by atoms with van der Waals surface area (Å²) in [6.07, 6.45) is 1.65. The van der Waals surface area contributed by atoms with Crippen LogP contribution in [0.25, 0.3) is 0 Å². The summed E-state index contributed by atoms with van der Waals surface area (Å²) in [4.78, 5) is 40.5. The third kappa shape index (κ3) is 3.68. The van der Waals surface area contributed by atoms with Gasteiger partial charge in [-0.05, 0) is 36.5 Å². The zero-order valence-corrected chi connectivity index (χ0v) is 16.4. The molecule has 3 amide bonds. The maximum absolute atomic E-state index is 12.8. The largest absolute Gasteiger partial charge is 0.376 e. The number of hydrogen-bond acceptors (Lipinski definition) is 4. The smallest absolute Gasteiger partial charge is 0.262 e. The Morgan fingerprint density at radius 3 is 2.07 bits per heavy atom. The number of likely N-dealkylation sites (tertiary alicyclic amines) is 1. The van der Waals surface area contributed by atoms with Crippen LogP contribution in [-0.4, -0.2) is 54.3 Å². The summed E-state index contributed by atoms with van der Waals surface area (Å²) in [5.74, 6) is -0.646. The minimum Gasteiger partial charge on any atom is -0.376 e. The van der Waals surface area contributed by atoms with E-state index in [1.165, 1.54) is 0 Å². The molecule has 6 heteroatoms. The molecule has 2 aliphatic heterocycles.